The van der Waals surface area contributed by atoms with Crippen molar-refractivity contribution in [2.45, 2.75) is 25.7 Å². The van der Waals surface area contributed by atoms with E-state index in [0.29, 0.717) is 11.7 Å². The van der Waals surface area contributed by atoms with Gasteiger partial charge in [0.15, 0.2) is 5.82 Å². The number of rotatable bonds is 3. The molecule has 0 radical (unpaired) electrons. The van der Waals surface area contributed by atoms with Crippen molar-refractivity contribution in [1.29, 1.82) is 0 Å². The summed E-state index contributed by atoms with van der Waals surface area (Å²) in [4.78, 5) is 25.1. The number of anilines is 1. The highest BCUT2D eigenvalue weighted by molar-refractivity contribution is 5.94. The number of carbonyl (C=O) groups is 1. The smallest absolute Gasteiger partial charge is 0.343 e. The van der Waals surface area contributed by atoms with E-state index in [2.05, 4.69) is 10.2 Å². The van der Waals surface area contributed by atoms with Crippen LogP contribution < -0.4 is 11.3 Å². The van der Waals surface area contributed by atoms with Gasteiger partial charge in [0.2, 0.25) is 0 Å². The van der Waals surface area contributed by atoms with E-state index in [9.17, 15) is 9.59 Å². The number of nitrogen functional groups attached to an aromatic ring is 1. The number of ether oxygens (including phenoxy) is 1. The van der Waals surface area contributed by atoms with Crippen LogP contribution in [0.3, 0.4) is 0 Å². The summed E-state index contributed by atoms with van der Waals surface area (Å²) in [5, 5.41) is 7.83. The molecule has 4 aromatic rings. The third kappa shape index (κ3) is 2.61. The van der Waals surface area contributed by atoms with Crippen LogP contribution in [0.1, 0.15) is 40.2 Å². The lowest BCUT2D eigenvalue weighted by atomic mass is 9.96. The number of hydrogen-bond acceptors (Lipinski definition) is 5. The summed E-state index contributed by atoms with van der Waals surface area (Å²) in [6.07, 6.45) is 3.84. The summed E-state index contributed by atoms with van der Waals surface area (Å²) in [7, 11) is 1.29. The summed E-state index contributed by atoms with van der Waals surface area (Å²) in [5.74, 6) is 0.210. The first-order valence-corrected chi connectivity index (χ1v) is 9.50. The standard InChI is InChI=1S/C22H20N4O3/c1-11-14(13-5-6-18-16(9-13)20(23)25-24-18)7-8-26-19(11)15(12-3-4-12)10-17(21(26)27)22(28)29-2/h5-10,12H,3-4H2,1-2H3,(H3,23,24,25). The fraction of sp³-hybridized carbons (Fsp3) is 0.227. The zero-order valence-corrected chi connectivity index (χ0v) is 16.2. The van der Waals surface area contributed by atoms with Gasteiger partial charge in [0.1, 0.15) is 5.56 Å². The van der Waals surface area contributed by atoms with Gasteiger partial charge in [0.25, 0.3) is 5.56 Å². The highest BCUT2D eigenvalue weighted by Crippen LogP contribution is 2.43. The van der Waals surface area contributed by atoms with Crippen molar-refractivity contribution >= 4 is 28.2 Å². The average Bonchev–Trinajstić information content (AvgIpc) is 3.51. The summed E-state index contributed by atoms with van der Waals surface area (Å²) in [6, 6.07) is 9.58. The van der Waals surface area contributed by atoms with E-state index in [1.54, 1.807) is 16.7 Å². The second kappa shape index (κ2) is 6.20. The third-order valence-corrected chi connectivity index (χ3v) is 5.74. The summed E-state index contributed by atoms with van der Waals surface area (Å²) in [5.41, 5.74) is 11.4. The lowest BCUT2D eigenvalue weighted by Gasteiger charge is -2.16. The molecule has 3 N–H and O–H groups in total. The van der Waals surface area contributed by atoms with Gasteiger partial charge in [-0.05, 0) is 72.2 Å². The Bertz CT molecular complexity index is 1360. The van der Waals surface area contributed by atoms with Gasteiger partial charge in [-0.3, -0.25) is 14.3 Å². The van der Waals surface area contributed by atoms with Gasteiger partial charge >= 0.3 is 5.97 Å². The lowest BCUT2D eigenvalue weighted by molar-refractivity contribution is 0.0598. The molecule has 7 nitrogen and oxygen atoms in total. The number of carbonyl (C=O) groups excluding carboxylic acids is 1. The Morgan fingerprint density at radius 1 is 1.28 bits per heavy atom. The van der Waals surface area contributed by atoms with Crippen LogP contribution in [0.5, 0.6) is 0 Å². The fourth-order valence-electron chi connectivity index (χ4n) is 4.07. The number of nitrogens with two attached hydrogens (primary N) is 1. The molecule has 29 heavy (non-hydrogen) atoms. The first-order chi connectivity index (χ1) is 14.0. The lowest BCUT2D eigenvalue weighted by Crippen LogP contribution is -2.24. The van der Waals surface area contributed by atoms with Crippen LogP contribution in [0, 0.1) is 6.92 Å². The highest BCUT2D eigenvalue weighted by Gasteiger charge is 2.29. The monoisotopic (exact) mass is 388 g/mol. The highest BCUT2D eigenvalue weighted by atomic mass is 16.5. The molecule has 1 aromatic carbocycles. The van der Waals surface area contributed by atoms with Crippen LogP contribution in [0.15, 0.2) is 41.3 Å². The van der Waals surface area contributed by atoms with Crippen LogP contribution in [0.2, 0.25) is 0 Å². The van der Waals surface area contributed by atoms with Gasteiger partial charge in [-0.2, -0.15) is 5.10 Å². The predicted octanol–water partition coefficient (Wildman–Crippen LogP) is 3.40. The van der Waals surface area contributed by atoms with Gasteiger partial charge in [-0.25, -0.2) is 4.79 Å². The van der Waals surface area contributed by atoms with Crippen molar-refractivity contribution < 1.29 is 9.53 Å². The number of methoxy groups -OCH3 is 1. The van der Waals surface area contributed by atoms with Crippen molar-refractivity contribution in [2.75, 3.05) is 12.8 Å². The molecule has 0 unspecified atom stereocenters. The molecule has 3 heterocycles. The molecule has 146 valence electrons. The van der Waals surface area contributed by atoms with Crippen molar-refractivity contribution in [3.63, 3.8) is 0 Å². The summed E-state index contributed by atoms with van der Waals surface area (Å²) < 4.78 is 6.39. The molecule has 0 spiro atoms. The van der Waals surface area contributed by atoms with E-state index in [0.717, 1.165) is 51.5 Å². The number of aryl methyl sites for hydroxylation is 1. The van der Waals surface area contributed by atoms with Gasteiger partial charge in [-0.15, -0.1) is 0 Å². The zero-order valence-electron chi connectivity index (χ0n) is 16.2. The van der Waals surface area contributed by atoms with Gasteiger partial charge in [0.05, 0.1) is 18.1 Å². The quantitative estimate of drug-likeness (QED) is 0.524. The van der Waals surface area contributed by atoms with Crippen LogP contribution >= 0.6 is 0 Å². The molecule has 0 saturated heterocycles. The first-order valence-electron chi connectivity index (χ1n) is 9.50. The number of esters is 1. The normalized spacial score (nSPS) is 13.9. The Morgan fingerprint density at radius 3 is 2.79 bits per heavy atom. The summed E-state index contributed by atoms with van der Waals surface area (Å²) >= 11 is 0. The van der Waals surface area contributed by atoms with E-state index >= 15 is 0 Å². The molecule has 7 heteroatoms. The number of nitrogens with zero attached hydrogens (tertiary/aromatic N) is 2. The van der Waals surface area contributed by atoms with Crippen LogP contribution in [0.25, 0.3) is 27.5 Å². The minimum atomic E-state index is -0.603. The van der Waals surface area contributed by atoms with Crippen LogP contribution in [-0.4, -0.2) is 27.7 Å². The Balaban J connectivity index is 1.79. The predicted molar refractivity (Wildman–Crippen MR) is 111 cm³/mol. The second-order valence-corrected chi connectivity index (χ2v) is 7.53. The minimum absolute atomic E-state index is 0.0756. The Morgan fingerprint density at radius 2 is 2.07 bits per heavy atom. The zero-order chi connectivity index (χ0) is 20.3. The van der Waals surface area contributed by atoms with E-state index in [1.807, 2.05) is 31.2 Å². The molecule has 1 aliphatic carbocycles. The average molecular weight is 388 g/mol. The maximum atomic E-state index is 12.9. The fourth-order valence-corrected chi connectivity index (χ4v) is 4.07. The molecular formula is C22H20N4O3. The third-order valence-electron chi connectivity index (χ3n) is 5.74. The maximum absolute atomic E-state index is 12.9. The molecule has 1 saturated carbocycles. The number of nitrogens with one attached hydrogen (secondary N) is 1. The van der Waals surface area contributed by atoms with Crippen molar-refractivity contribution in [1.82, 2.24) is 14.6 Å². The molecule has 5 rings (SSSR count). The number of fused-ring (bicyclic) bond motifs is 2. The van der Waals surface area contributed by atoms with Crippen molar-refractivity contribution in [3.8, 4) is 11.1 Å². The SMILES string of the molecule is COC(=O)c1cc(C2CC2)c2c(C)c(-c3ccc4[nH]nc(N)c4c3)ccn2c1=O. The van der Waals surface area contributed by atoms with E-state index in [-0.39, 0.29) is 11.1 Å². The van der Waals surface area contributed by atoms with E-state index in [4.69, 9.17) is 10.5 Å². The molecule has 0 amide bonds. The number of aromatic amines is 1. The second-order valence-electron chi connectivity index (χ2n) is 7.53. The number of pyridine rings is 2. The van der Waals surface area contributed by atoms with Crippen LogP contribution in [-0.2, 0) is 4.74 Å². The minimum Gasteiger partial charge on any atom is -0.465 e. The number of benzene rings is 1. The molecule has 1 aliphatic rings. The van der Waals surface area contributed by atoms with Crippen molar-refractivity contribution in [3.05, 3.63) is 63.6 Å². The number of H-pyrrole nitrogens is 1. The topological polar surface area (TPSA) is 102 Å². The van der Waals surface area contributed by atoms with E-state index in [1.165, 1.54) is 7.11 Å². The molecule has 0 aliphatic heterocycles. The Hall–Kier alpha value is -3.61. The van der Waals surface area contributed by atoms with Gasteiger partial charge in [-0.1, -0.05) is 6.07 Å². The van der Waals surface area contributed by atoms with Gasteiger partial charge < -0.3 is 10.5 Å². The largest absolute Gasteiger partial charge is 0.465 e. The number of aromatic nitrogens is 3. The maximum Gasteiger partial charge on any atom is 0.343 e. The van der Waals surface area contributed by atoms with Crippen molar-refractivity contribution in [2.24, 2.45) is 0 Å². The molecular weight excluding hydrogens is 368 g/mol. The van der Waals surface area contributed by atoms with Gasteiger partial charge in [0, 0.05) is 11.6 Å². The Labute approximate surface area is 166 Å². The first kappa shape index (κ1) is 17.5. The Kier molecular flexibility index (Phi) is 3.74. The van der Waals surface area contributed by atoms with Crippen LogP contribution in [0.4, 0.5) is 5.82 Å². The van der Waals surface area contributed by atoms with E-state index < -0.39 is 5.97 Å². The summed E-state index contributed by atoms with van der Waals surface area (Å²) in [6.45, 7) is 2.01. The molecule has 3 aromatic heterocycles. The number of hydrogen-bond donors (Lipinski definition) is 2. The molecule has 0 atom stereocenters. The molecule has 1 fully saturated rings. The molecule has 0 bridgehead atoms.